The first-order valence-electron chi connectivity index (χ1n) is 8.22. The van der Waals surface area contributed by atoms with Gasteiger partial charge in [0.1, 0.15) is 5.76 Å². The van der Waals surface area contributed by atoms with Crippen LogP contribution < -0.4 is 0 Å². The third-order valence-corrected chi connectivity index (χ3v) is 4.35. The quantitative estimate of drug-likeness (QED) is 0.375. The zero-order valence-electron chi connectivity index (χ0n) is 14.5. The Hall–Kier alpha value is -3.42. The molecule has 0 spiro atoms. The van der Waals surface area contributed by atoms with Crippen molar-refractivity contribution < 1.29 is 27.9 Å². The minimum Gasteiger partial charge on any atom is -0.507 e. The summed E-state index contributed by atoms with van der Waals surface area (Å²) in [4.78, 5) is 30.0. The first-order valence-corrected chi connectivity index (χ1v) is 8.22. The van der Waals surface area contributed by atoms with Crippen molar-refractivity contribution in [2.45, 2.75) is 12.2 Å². The Bertz CT molecular complexity index is 951. The van der Waals surface area contributed by atoms with E-state index in [1.807, 2.05) is 0 Å². The maximum atomic E-state index is 12.9. The van der Waals surface area contributed by atoms with Crippen molar-refractivity contribution in [3.05, 3.63) is 83.7 Å². The summed E-state index contributed by atoms with van der Waals surface area (Å²) in [6.07, 6.45) is -0.329. The van der Waals surface area contributed by atoms with Gasteiger partial charge in [0.25, 0.3) is 11.7 Å². The van der Waals surface area contributed by atoms with Crippen molar-refractivity contribution in [1.29, 1.82) is 0 Å². The molecule has 3 rings (SSSR count). The molecule has 1 saturated heterocycles. The highest BCUT2D eigenvalue weighted by Crippen LogP contribution is 2.40. The molecule has 2 aromatic rings. The standard InChI is InChI=1S/C20H15F3N2O3/c1-2-10-25-16(12-5-7-14(8-6-12)20(21,22)23)15(18(27)19(25)28)17(26)13-4-3-9-24-11-13/h2-9,11,16,26H,1,10H2. The molecule has 1 unspecified atom stereocenters. The van der Waals surface area contributed by atoms with Gasteiger partial charge in [0.05, 0.1) is 17.2 Å². The molecule has 1 amide bonds. The van der Waals surface area contributed by atoms with E-state index in [4.69, 9.17) is 0 Å². The second kappa shape index (κ2) is 7.30. The third kappa shape index (κ3) is 3.40. The van der Waals surface area contributed by atoms with E-state index in [0.29, 0.717) is 0 Å². The summed E-state index contributed by atoms with van der Waals surface area (Å²) in [7, 11) is 0. The molecule has 144 valence electrons. The number of carbonyl (C=O) groups excluding carboxylic acids is 2. The fourth-order valence-electron chi connectivity index (χ4n) is 3.07. The van der Waals surface area contributed by atoms with Crippen LogP contribution in [0.1, 0.15) is 22.7 Å². The largest absolute Gasteiger partial charge is 0.507 e. The maximum Gasteiger partial charge on any atom is 0.416 e. The Morgan fingerprint density at radius 2 is 1.89 bits per heavy atom. The molecule has 0 aliphatic carbocycles. The Morgan fingerprint density at radius 3 is 2.43 bits per heavy atom. The fourth-order valence-corrected chi connectivity index (χ4v) is 3.07. The molecule has 28 heavy (non-hydrogen) atoms. The van der Waals surface area contributed by atoms with Crippen LogP contribution in [0.25, 0.3) is 5.76 Å². The molecular formula is C20H15F3N2O3. The molecule has 1 aliphatic rings. The summed E-state index contributed by atoms with van der Waals surface area (Å²) in [5.74, 6) is -2.23. The first kappa shape index (κ1) is 19.3. The van der Waals surface area contributed by atoms with Gasteiger partial charge in [-0.15, -0.1) is 6.58 Å². The number of Topliss-reactive ketones (excluding diaryl/α,β-unsaturated/α-hetero) is 1. The number of carbonyl (C=O) groups is 2. The summed E-state index contributed by atoms with van der Waals surface area (Å²) in [6.45, 7) is 3.53. The molecule has 1 N–H and O–H groups in total. The molecule has 0 bridgehead atoms. The van der Waals surface area contributed by atoms with Crippen LogP contribution in [0, 0.1) is 0 Å². The highest BCUT2D eigenvalue weighted by atomic mass is 19.4. The molecule has 8 heteroatoms. The number of likely N-dealkylation sites (tertiary alicyclic amines) is 1. The summed E-state index contributed by atoms with van der Waals surface area (Å²) in [5.41, 5.74) is -0.584. The lowest BCUT2D eigenvalue weighted by Gasteiger charge is -2.24. The first-order chi connectivity index (χ1) is 13.3. The lowest BCUT2D eigenvalue weighted by Crippen LogP contribution is -2.29. The molecule has 1 aromatic heterocycles. The van der Waals surface area contributed by atoms with E-state index in [9.17, 15) is 27.9 Å². The Labute approximate surface area is 158 Å². The van der Waals surface area contributed by atoms with Crippen LogP contribution in [0.2, 0.25) is 0 Å². The van der Waals surface area contributed by atoms with Gasteiger partial charge in [-0.2, -0.15) is 13.2 Å². The maximum absolute atomic E-state index is 12.9. The van der Waals surface area contributed by atoms with Crippen molar-refractivity contribution in [2.24, 2.45) is 0 Å². The number of halogens is 3. The number of amides is 1. The van der Waals surface area contributed by atoms with Crippen LogP contribution in [0.5, 0.6) is 0 Å². The van der Waals surface area contributed by atoms with E-state index in [2.05, 4.69) is 11.6 Å². The molecule has 1 fully saturated rings. The highest BCUT2D eigenvalue weighted by Gasteiger charge is 2.45. The second-order valence-electron chi connectivity index (χ2n) is 6.10. The van der Waals surface area contributed by atoms with Gasteiger partial charge in [0.15, 0.2) is 0 Å². The van der Waals surface area contributed by atoms with E-state index in [1.54, 1.807) is 6.07 Å². The van der Waals surface area contributed by atoms with Gasteiger partial charge in [-0.05, 0) is 29.8 Å². The van der Waals surface area contributed by atoms with Crippen LogP contribution in [0.3, 0.4) is 0 Å². The number of pyridine rings is 1. The molecule has 1 aromatic carbocycles. The minimum absolute atomic E-state index is 0.0138. The summed E-state index contributed by atoms with van der Waals surface area (Å²) < 4.78 is 38.6. The van der Waals surface area contributed by atoms with Gasteiger partial charge < -0.3 is 10.0 Å². The van der Waals surface area contributed by atoms with Crippen molar-refractivity contribution in [1.82, 2.24) is 9.88 Å². The number of alkyl halides is 3. The molecular weight excluding hydrogens is 373 g/mol. The van der Waals surface area contributed by atoms with Gasteiger partial charge in [-0.1, -0.05) is 18.2 Å². The minimum atomic E-state index is -4.52. The summed E-state index contributed by atoms with van der Waals surface area (Å²) in [6, 6.07) is 6.12. The van der Waals surface area contributed by atoms with Crippen molar-refractivity contribution in [3.8, 4) is 0 Å². The predicted octanol–water partition coefficient (Wildman–Crippen LogP) is 3.71. The number of aliphatic hydroxyl groups is 1. The number of benzene rings is 1. The summed E-state index contributed by atoms with van der Waals surface area (Å²) >= 11 is 0. The van der Waals surface area contributed by atoms with E-state index in [1.165, 1.54) is 36.7 Å². The van der Waals surface area contributed by atoms with Crippen molar-refractivity contribution in [3.63, 3.8) is 0 Å². The van der Waals surface area contributed by atoms with E-state index in [-0.39, 0.29) is 23.2 Å². The normalized spacial score (nSPS) is 19.1. The second-order valence-corrected chi connectivity index (χ2v) is 6.10. The number of hydrogen-bond acceptors (Lipinski definition) is 4. The smallest absolute Gasteiger partial charge is 0.416 e. The topological polar surface area (TPSA) is 70.5 Å². The van der Waals surface area contributed by atoms with E-state index in [0.717, 1.165) is 17.0 Å². The number of aromatic nitrogens is 1. The Kier molecular flexibility index (Phi) is 5.04. The Balaban J connectivity index is 2.16. The van der Waals surface area contributed by atoms with Gasteiger partial charge in [0, 0.05) is 24.5 Å². The third-order valence-electron chi connectivity index (χ3n) is 4.35. The van der Waals surface area contributed by atoms with Crippen LogP contribution in [0.4, 0.5) is 13.2 Å². The highest BCUT2D eigenvalue weighted by molar-refractivity contribution is 6.46. The van der Waals surface area contributed by atoms with Gasteiger partial charge in [-0.25, -0.2) is 0 Å². The number of nitrogens with zero attached hydrogens (tertiary/aromatic N) is 2. The van der Waals surface area contributed by atoms with Crippen molar-refractivity contribution in [2.75, 3.05) is 6.54 Å². The number of ketones is 1. The SMILES string of the molecule is C=CCN1C(=O)C(=O)C(=C(O)c2cccnc2)C1c1ccc(C(F)(F)F)cc1. The monoisotopic (exact) mass is 388 g/mol. The van der Waals surface area contributed by atoms with Gasteiger partial charge in [0.2, 0.25) is 0 Å². The molecule has 0 saturated carbocycles. The zero-order chi connectivity index (χ0) is 20.5. The van der Waals surface area contributed by atoms with Crippen LogP contribution >= 0.6 is 0 Å². The van der Waals surface area contributed by atoms with Gasteiger partial charge >= 0.3 is 6.18 Å². The molecule has 5 nitrogen and oxygen atoms in total. The fraction of sp³-hybridized carbons (Fsp3) is 0.150. The molecule has 2 heterocycles. The number of hydrogen-bond donors (Lipinski definition) is 1. The zero-order valence-corrected chi connectivity index (χ0v) is 14.5. The molecule has 0 radical (unpaired) electrons. The lowest BCUT2D eigenvalue weighted by atomic mass is 9.95. The van der Waals surface area contributed by atoms with E-state index < -0.39 is 35.2 Å². The average Bonchev–Trinajstić information content (AvgIpc) is 2.93. The molecule has 1 atom stereocenters. The van der Waals surface area contributed by atoms with Crippen LogP contribution in [-0.4, -0.2) is 33.2 Å². The predicted molar refractivity (Wildman–Crippen MR) is 94.9 cm³/mol. The van der Waals surface area contributed by atoms with Crippen molar-refractivity contribution >= 4 is 17.4 Å². The Morgan fingerprint density at radius 1 is 1.21 bits per heavy atom. The van der Waals surface area contributed by atoms with Crippen LogP contribution in [0.15, 0.2) is 67.0 Å². The number of aliphatic hydroxyl groups excluding tert-OH is 1. The number of rotatable bonds is 4. The average molecular weight is 388 g/mol. The summed E-state index contributed by atoms with van der Waals surface area (Å²) in [5, 5.41) is 10.6. The van der Waals surface area contributed by atoms with Gasteiger partial charge in [-0.3, -0.25) is 14.6 Å². The molecule has 1 aliphatic heterocycles. The van der Waals surface area contributed by atoms with Crippen LogP contribution in [-0.2, 0) is 15.8 Å². The van der Waals surface area contributed by atoms with E-state index >= 15 is 0 Å². The lowest BCUT2D eigenvalue weighted by molar-refractivity contribution is -0.139.